The van der Waals surface area contributed by atoms with E-state index in [9.17, 15) is 9.18 Å². The first-order valence-corrected chi connectivity index (χ1v) is 11.0. The monoisotopic (exact) mass is 433 g/mol. The average Bonchev–Trinajstić information content (AvgIpc) is 2.80. The van der Waals surface area contributed by atoms with Crippen LogP contribution < -0.4 is 10.2 Å². The molecule has 1 fully saturated rings. The van der Waals surface area contributed by atoms with Crippen LogP contribution in [0.2, 0.25) is 0 Å². The zero-order valence-corrected chi connectivity index (χ0v) is 18.5. The molecule has 0 bridgehead atoms. The number of aryl methyl sites for hydroxylation is 2. The van der Waals surface area contributed by atoms with Crippen molar-refractivity contribution >= 4 is 17.5 Å². The maximum absolute atomic E-state index is 13.4. The summed E-state index contributed by atoms with van der Waals surface area (Å²) in [6.45, 7) is 6.54. The number of urea groups is 1. The Labute approximate surface area is 188 Å². The number of hydrogen-bond donors (Lipinski definition) is 1. The second-order valence-corrected chi connectivity index (χ2v) is 7.95. The molecule has 6 nitrogen and oxygen atoms in total. The number of nitrogens with one attached hydrogen (secondary N) is 1. The first-order chi connectivity index (χ1) is 15.5. The topological polar surface area (TPSA) is 61.4 Å². The van der Waals surface area contributed by atoms with Gasteiger partial charge in [-0.05, 0) is 37.1 Å². The van der Waals surface area contributed by atoms with Crippen molar-refractivity contribution in [2.24, 2.45) is 0 Å². The molecule has 1 N–H and O–H groups in total. The van der Waals surface area contributed by atoms with Crippen LogP contribution in [0.15, 0.2) is 54.6 Å². The number of amides is 2. The fraction of sp³-hybridized carbons (Fsp3) is 0.320. The van der Waals surface area contributed by atoms with Crippen LogP contribution in [0.3, 0.4) is 0 Å². The van der Waals surface area contributed by atoms with Gasteiger partial charge in [-0.25, -0.2) is 19.2 Å². The Morgan fingerprint density at radius 1 is 1.03 bits per heavy atom. The number of halogens is 1. The number of aromatic nitrogens is 2. The summed E-state index contributed by atoms with van der Waals surface area (Å²) in [6.07, 6.45) is 1.62. The SMILES string of the molecule is CCc1nc(C)nc(N2CCN(C(=O)Nc3cccc(F)c3)CC2)c1Cc1ccccc1. The van der Waals surface area contributed by atoms with E-state index < -0.39 is 0 Å². The minimum Gasteiger partial charge on any atom is -0.353 e. The minimum absolute atomic E-state index is 0.215. The number of hydrogen-bond acceptors (Lipinski definition) is 4. The Morgan fingerprint density at radius 2 is 1.78 bits per heavy atom. The lowest BCUT2D eigenvalue weighted by Gasteiger charge is -2.36. The first kappa shape index (κ1) is 21.7. The smallest absolute Gasteiger partial charge is 0.321 e. The van der Waals surface area contributed by atoms with Crippen molar-refractivity contribution in [3.8, 4) is 0 Å². The van der Waals surface area contributed by atoms with E-state index in [0.717, 1.165) is 35.7 Å². The number of carbonyl (C=O) groups excluding carboxylic acids is 1. The predicted molar refractivity (Wildman–Crippen MR) is 125 cm³/mol. The van der Waals surface area contributed by atoms with Crippen molar-refractivity contribution in [3.63, 3.8) is 0 Å². The minimum atomic E-state index is -0.371. The molecule has 0 unspecified atom stereocenters. The van der Waals surface area contributed by atoms with Gasteiger partial charge < -0.3 is 15.1 Å². The largest absolute Gasteiger partial charge is 0.353 e. The van der Waals surface area contributed by atoms with E-state index in [1.165, 1.54) is 17.7 Å². The molecule has 0 saturated carbocycles. The van der Waals surface area contributed by atoms with Gasteiger partial charge in [0.05, 0.1) is 0 Å². The summed E-state index contributed by atoms with van der Waals surface area (Å²) in [6, 6.07) is 16.1. The third kappa shape index (κ3) is 5.04. The van der Waals surface area contributed by atoms with Crippen molar-refractivity contribution in [3.05, 3.63) is 83.1 Å². The summed E-state index contributed by atoms with van der Waals surface area (Å²) >= 11 is 0. The summed E-state index contributed by atoms with van der Waals surface area (Å²) in [5.74, 6) is 1.35. The number of carbonyl (C=O) groups is 1. The summed E-state index contributed by atoms with van der Waals surface area (Å²) < 4.78 is 13.4. The van der Waals surface area contributed by atoms with E-state index in [4.69, 9.17) is 9.97 Å². The van der Waals surface area contributed by atoms with Gasteiger partial charge in [0, 0.05) is 49.5 Å². The molecule has 2 amide bonds. The van der Waals surface area contributed by atoms with Gasteiger partial charge in [0.25, 0.3) is 0 Å². The van der Waals surface area contributed by atoms with Crippen molar-refractivity contribution in [1.82, 2.24) is 14.9 Å². The highest BCUT2D eigenvalue weighted by atomic mass is 19.1. The van der Waals surface area contributed by atoms with Crippen LogP contribution in [-0.2, 0) is 12.8 Å². The average molecular weight is 434 g/mol. The van der Waals surface area contributed by atoms with Crippen molar-refractivity contribution in [2.75, 3.05) is 36.4 Å². The molecule has 3 aromatic rings. The van der Waals surface area contributed by atoms with Gasteiger partial charge in [0.15, 0.2) is 0 Å². The van der Waals surface area contributed by atoms with Gasteiger partial charge in [-0.15, -0.1) is 0 Å². The molecule has 7 heteroatoms. The maximum Gasteiger partial charge on any atom is 0.321 e. The molecule has 0 radical (unpaired) electrons. The Morgan fingerprint density at radius 3 is 2.47 bits per heavy atom. The standard InChI is InChI=1S/C25H28FN5O/c1-3-23-22(16-19-8-5-4-6-9-19)24(28-18(2)27-23)30-12-14-31(15-13-30)25(32)29-21-11-7-10-20(26)17-21/h4-11,17H,3,12-16H2,1-2H3,(H,29,32). The van der Waals surface area contributed by atoms with Crippen LogP contribution in [0.5, 0.6) is 0 Å². The quantitative estimate of drug-likeness (QED) is 0.647. The highest BCUT2D eigenvalue weighted by Gasteiger charge is 2.25. The van der Waals surface area contributed by atoms with E-state index in [1.54, 1.807) is 17.0 Å². The van der Waals surface area contributed by atoms with Gasteiger partial charge in [-0.1, -0.05) is 43.3 Å². The molecule has 0 aliphatic carbocycles. The molecule has 1 aliphatic rings. The summed E-state index contributed by atoms with van der Waals surface area (Å²) in [7, 11) is 0. The highest BCUT2D eigenvalue weighted by molar-refractivity contribution is 5.89. The van der Waals surface area contributed by atoms with Crippen LogP contribution in [-0.4, -0.2) is 47.1 Å². The van der Waals surface area contributed by atoms with Gasteiger partial charge in [-0.3, -0.25) is 0 Å². The number of nitrogens with zero attached hydrogens (tertiary/aromatic N) is 4. The number of benzene rings is 2. The van der Waals surface area contributed by atoms with E-state index in [0.29, 0.717) is 31.9 Å². The lowest BCUT2D eigenvalue weighted by Crippen LogP contribution is -2.50. The molecule has 0 spiro atoms. The molecule has 166 valence electrons. The molecule has 1 saturated heterocycles. The van der Waals surface area contributed by atoms with E-state index in [1.807, 2.05) is 25.1 Å². The first-order valence-electron chi connectivity index (χ1n) is 11.0. The molecular weight excluding hydrogens is 405 g/mol. The highest BCUT2D eigenvalue weighted by Crippen LogP contribution is 2.26. The van der Waals surface area contributed by atoms with Crippen LogP contribution >= 0.6 is 0 Å². The molecule has 32 heavy (non-hydrogen) atoms. The van der Waals surface area contributed by atoms with E-state index in [-0.39, 0.29) is 11.8 Å². The zero-order valence-electron chi connectivity index (χ0n) is 18.5. The maximum atomic E-state index is 13.4. The third-order valence-electron chi connectivity index (χ3n) is 5.68. The zero-order chi connectivity index (χ0) is 22.5. The Hall–Kier alpha value is -3.48. The van der Waals surface area contributed by atoms with E-state index >= 15 is 0 Å². The van der Waals surface area contributed by atoms with Gasteiger partial charge in [0.1, 0.15) is 17.5 Å². The van der Waals surface area contributed by atoms with E-state index in [2.05, 4.69) is 29.3 Å². The van der Waals surface area contributed by atoms with Crippen LogP contribution in [0.1, 0.15) is 29.6 Å². The second-order valence-electron chi connectivity index (χ2n) is 7.95. The molecule has 2 heterocycles. The fourth-order valence-corrected chi connectivity index (χ4v) is 4.06. The summed E-state index contributed by atoms with van der Waals surface area (Å²) in [4.78, 5) is 26.1. The Kier molecular flexibility index (Phi) is 6.63. The van der Waals surface area contributed by atoms with Gasteiger partial charge in [-0.2, -0.15) is 0 Å². The number of rotatable bonds is 5. The number of anilines is 2. The predicted octanol–water partition coefficient (Wildman–Crippen LogP) is 4.43. The molecule has 4 rings (SSSR count). The van der Waals surface area contributed by atoms with Gasteiger partial charge in [0.2, 0.25) is 0 Å². The fourth-order valence-electron chi connectivity index (χ4n) is 4.06. The normalized spacial score (nSPS) is 13.8. The Bertz CT molecular complexity index is 1080. The molecule has 2 aromatic carbocycles. The summed E-state index contributed by atoms with van der Waals surface area (Å²) in [5.41, 5.74) is 3.91. The lowest BCUT2D eigenvalue weighted by atomic mass is 10.0. The number of piperazine rings is 1. The Balaban J connectivity index is 1.49. The molecule has 0 atom stereocenters. The van der Waals surface area contributed by atoms with Crippen LogP contribution in [0.25, 0.3) is 0 Å². The molecular formula is C25H28FN5O. The molecule has 1 aromatic heterocycles. The lowest BCUT2D eigenvalue weighted by molar-refractivity contribution is 0.208. The molecule has 1 aliphatic heterocycles. The van der Waals surface area contributed by atoms with Crippen molar-refractivity contribution < 1.29 is 9.18 Å². The second kappa shape index (κ2) is 9.77. The van der Waals surface area contributed by atoms with Gasteiger partial charge >= 0.3 is 6.03 Å². The summed E-state index contributed by atoms with van der Waals surface area (Å²) in [5, 5.41) is 2.78. The van der Waals surface area contributed by atoms with Crippen LogP contribution in [0, 0.1) is 12.7 Å². The third-order valence-corrected chi connectivity index (χ3v) is 5.68. The van der Waals surface area contributed by atoms with Crippen molar-refractivity contribution in [1.29, 1.82) is 0 Å². The van der Waals surface area contributed by atoms with Crippen molar-refractivity contribution in [2.45, 2.75) is 26.7 Å². The van der Waals surface area contributed by atoms with Crippen LogP contribution in [0.4, 0.5) is 20.7 Å².